The van der Waals surface area contributed by atoms with E-state index in [0.29, 0.717) is 53.8 Å². The second-order valence-electron chi connectivity index (χ2n) is 8.02. The quantitative estimate of drug-likeness (QED) is 0.341. The summed E-state index contributed by atoms with van der Waals surface area (Å²) in [5.41, 5.74) is 4.56. The van der Waals surface area contributed by atoms with E-state index >= 15 is 0 Å². The molecule has 34 heavy (non-hydrogen) atoms. The van der Waals surface area contributed by atoms with E-state index in [4.69, 9.17) is 28.3 Å². The summed E-state index contributed by atoms with van der Waals surface area (Å²) in [6.45, 7) is 11.5. The van der Waals surface area contributed by atoms with Crippen molar-refractivity contribution in [2.45, 2.75) is 59.5 Å². The van der Waals surface area contributed by atoms with Crippen LogP contribution in [0, 0.1) is 0 Å². The van der Waals surface area contributed by atoms with Crippen molar-refractivity contribution in [3.63, 3.8) is 0 Å². The van der Waals surface area contributed by atoms with E-state index in [2.05, 4.69) is 19.6 Å². The van der Waals surface area contributed by atoms with E-state index in [9.17, 15) is 9.59 Å². The molecular weight excluding hydrogens is 469 g/mol. The van der Waals surface area contributed by atoms with Gasteiger partial charge < -0.3 is 4.90 Å². The maximum atomic E-state index is 13.5. The Hall–Kier alpha value is -2.63. The SMILES string of the molecule is C=CC(=C\CC)/C=C1\CCCn2nc3c(c2C1=O)CN(C(=O)c1ccc(Cl)c(Cl)c1)CC3.CC. The summed E-state index contributed by atoms with van der Waals surface area (Å²) in [7, 11) is 0. The predicted molar refractivity (Wildman–Crippen MR) is 139 cm³/mol. The number of fused-ring (bicyclic) bond motifs is 3. The third-order valence-corrected chi connectivity index (χ3v) is 6.63. The fourth-order valence-electron chi connectivity index (χ4n) is 4.29. The average molecular weight is 500 g/mol. The predicted octanol–water partition coefficient (Wildman–Crippen LogP) is 6.84. The first-order valence-electron chi connectivity index (χ1n) is 11.8. The third-order valence-electron chi connectivity index (χ3n) is 5.89. The zero-order valence-corrected chi connectivity index (χ0v) is 21.5. The number of benzene rings is 1. The fraction of sp³-hybridized carbons (Fsp3) is 0.370. The molecule has 0 aliphatic carbocycles. The molecule has 7 heteroatoms. The smallest absolute Gasteiger partial charge is 0.254 e. The summed E-state index contributed by atoms with van der Waals surface area (Å²) in [5.74, 6) is -0.144. The number of halogens is 2. The number of carbonyl (C=O) groups is 2. The minimum atomic E-state index is -0.133. The van der Waals surface area contributed by atoms with E-state index < -0.39 is 0 Å². The van der Waals surface area contributed by atoms with Crippen LogP contribution in [0.2, 0.25) is 10.0 Å². The molecule has 0 bridgehead atoms. The lowest BCUT2D eigenvalue weighted by Crippen LogP contribution is -2.36. The highest BCUT2D eigenvalue weighted by molar-refractivity contribution is 6.42. The molecule has 0 radical (unpaired) electrons. The van der Waals surface area contributed by atoms with Gasteiger partial charge >= 0.3 is 0 Å². The second-order valence-corrected chi connectivity index (χ2v) is 8.84. The van der Waals surface area contributed by atoms with Gasteiger partial charge in [-0.25, -0.2) is 0 Å². The van der Waals surface area contributed by atoms with Crippen LogP contribution < -0.4 is 0 Å². The van der Waals surface area contributed by atoms with Gasteiger partial charge in [0.2, 0.25) is 5.78 Å². The number of hydrogen-bond donors (Lipinski definition) is 0. The number of aryl methyl sites for hydroxylation is 1. The van der Waals surface area contributed by atoms with Crippen LogP contribution in [0.5, 0.6) is 0 Å². The summed E-state index contributed by atoms with van der Waals surface area (Å²) in [4.78, 5) is 28.4. The first kappa shape index (κ1) is 26.0. The van der Waals surface area contributed by atoms with Crippen molar-refractivity contribution in [2.75, 3.05) is 6.54 Å². The molecule has 4 rings (SSSR count). The number of aromatic nitrogens is 2. The molecule has 5 nitrogen and oxygen atoms in total. The summed E-state index contributed by atoms with van der Waals surface area (Å²) < 4.78 is 1.83. The molecule has 0 saturated heterocycles. The zero-order valence-electron chi connectivity index (χ0n) is 20.0. The van der Waals surface area contributed by atoms with Crippen molar-refractivity contribution < 1.29 is 9.59 Å². The Kier molecular flexibility index (Phi) is 8.92. The topological polar surface area (TPSA) is 55.2 Å². The van der Waals surface area contributed by atoms with Crippen LogP contribution in [-0.4, -0.2) is 32.9 Å². The van der Waals surface area contributed by atoms with Crippen molar-refractivity contribution >= 4 is 34.9 Å². The zero-order chi connectivity index (χ0) is 24.8. The van der Waals surface area contributed by atoms with Gasteiger partial charge in [0.1, 0.15) is 5.69 Å². The Morgan fingerprint density at radius 2 is 1.94 bits per heavy atom. The minimum absolute atomic E-state index is 0.0102. The Labute approximate surface area is 211 Å². The molecule has 3 heterocycles. The Morgan fingerprint density at radius 3 is 2.62 bits per heavy atom. The molecule has 0 spiro atoms. The van der Waals surface area contributed by atoms with E-state index in [1.54, 1.807) is 29.2 Å². The summed E-state index contributed by atoms with van der Waals surface area (Å²) in [6.07, 6.45) is 8.79. The molecule has 0 unspecified atom stereocenters. The number of nitrogens with zero attached hydrogens (tertiary/aromatic N) is 3. The number of hydrogen-bond acceptors (Lipinski definition) is 3. The Bertz CT molecular complexity index is 1160. The van der Waals surface area contributed by atoms with E-state index in [1.807, 2.05) is 24.6 Å². The Morgan fingerprint density at radius 1 is 1.18 bits per heavy atom. The molecule has 0 atom stereocenters. The van der Waals surface area contributed by atoms with E-state index in [1.165, 1.54) is 0 Å². The maximum Gasteiger partial charge on any atom is 0.254 e. The highest BCUT2D eigenvalue weighted by Gasteiger charge is 2.32. The number of ketones is 1. The highest BCUT2D eigenvalue weighted by atomic mass is 35.5. The molecule has 2 aromatic rings. The van der Waals surface area contributed by atoms with Crippen LogP contribution in [0.25, 0.3) is 0 Å². The first-order valence-corrected chi connectivity index (χ1v) is 12.6. The van der Waals surface area contributed by atoms with Gasteiger partial charge in [0.15, 0.2) is 0 Å². The number of Topliss-reactive ketones (excluding diaryl/α,β-unsaturated/α-hetero) is 1. The standard InChI is InChI=1S/C25H25Cl2N3O2.C2H6/c1-3-6-16(4-2)13-17-7-5-11-30-23(24(17)31)19-15-29(12-10-22(19)28-30)25(32)18-8-9-20(26)21(27)14-18;1-2/h4,6,8-9,13-14H,2-3,5,7,10-12,15H2,1H3;1-2H3/b16-6+,17-13+;. The molecule has 0 fully saturated rings. The van der Waals surface area contributed by atoms with Crippen LogP contribution in [0.3, 0.4) is 0 Å². The van der Waals surface area contributed by atoms with Gasteiger partial charge in [-0.15, -0.1) is 0 Å². The van der Waals surface area contributed by atoms with Gasteiger partial charge in [-0.3, -0.25) is 14.3 Å². The third kappa shape index (κ3) is 5.37. The van der Waals surface area contributed by atoms with Gasteiger partial charge in [0.25, 0.3) is 5.91 Å². The van der Waals surface area contributed by atoms with Gasteiger partial charge in [-0.05, 0) is 49.1 Å². The van der Waals surface area contributed by atoms with Crippen molar-refractivity contribution in [1.29, 1.82) is 0 Å². The molecule has 0 saturated carbocycles. The van der Waals surface area contributed by atoms with Crippen LogP contribution >= 0.6 is 23.2 Å². The van der Waals surface area contributed by atoms with Gasteiger partial charge in [0.05, 0.1) is 22.3 Å². The van der Waals surface area contributed by atoms with Crippen molar-refractivity contribution in [2.24, 2.45) is 0 Å². The molecule has 2 aliphatic rings. The van der Waals surface area contributed by atoms with E-state index in [0.717, 1.165) is 35.2 Å². The van der Waals surface area contributed by atoms with E-state index in [-0.39, 0.29) is 11.7 Å². The largest absolute Gasteiger partial charge is 0.334 e. The van der Waals surface area contributed by atoms with Crippen molar-refractivity contribution in [1.82, 2.24) is 14.7 Å². The summed E-state index contributed by atoms with van der Waals surface area (Å²) in [6, 6.07) is 4.89. The average Bonchev–Trinajstić information content (AvgIpc) is 3.14. The fourth-order valence-corrected chi connectivity index (χ4v) is 4.59. The lowest BCUT2D eigenvalue weighted by Gasteiger charge is -2.27. The molecule has 2 aliphatic heterocycles. The molecule has 0 N–H and O–H groups in total. The van der Waals surface area contributed by atoms with Crippen LogP contribution in [0.4, 0.5) is 0 Å². The van der Waals surface area contributed by atoms with Crippen molar-refractivity contribution in [3.8, 4) is 0 Å². The van der Waals surface area contributed by atoms with Gasteiger partial charge in [0, 0.05) is 36.2 Å². The van der Waals surface area contributed by atoms with Crippen LogP contribution in [0.1, 0.15) is 72.1 Å². The minimum Gasteiger partial charge on any atom is -0.334 e. The molecule has 1 amide bonds. The number of rotatable bonds is 4. The Balaban J connectivity index is 0.00000158. The van der Waals surface area contributed by atoms with Gasteiger partial charge in [-0.1, -0.05) is 62.7 Å². The lowest BCUT2D eigenvalue weighted by molar-refractivity contribution is 0.0732. The molecule has 1 aromatic carbocycles. The normalized spacial score (nSPS) is 16.9. The van der Waals surface area contributed by atoms with Crippen LogP contribution in [-0.2, 0) is 19.5 Å². The monoisotopic (exact) mass is 499 g/mol. The molecular formula is C27H31Cl2N3O2. The highest BCUT2D eigenvalue weighted by Crippen LogP contribution is 2.30. The number of carbonyl (C=O) groups excluding carboxylic acids is 2. The lowest BCUT2D eigenvalue weighted by atomic mass is 9.96. The summed E-state index contributed by atoms with van der Waals surface area (Å²) >= 11 is 12.1. The maximum absolute atomic E-state index is 13.5. The van der Waals surface area contributed by atoms with Crippen molar-refractivity contribution in [3.05, 3.63) is 86.7 Å². The number of amides is 1. The van der Waals surface area contributed by atoms with Gasteiger partial charge in [-0.2, -0.15) is 5.10 Å². The second kappa shape index (κ2) is 11.7. The number of allylic oxidation sites excluding steroid dienone is 5. The van der Waals surface area contributed by atoms with Crippen LogP contribution in [0.15, 0.2) is 54.2 Å². The summed E-state index contributed by atoms with van der Waals surface area (Å²) in [5, 5.41) is 5.48. The molecule has 1 aromatic heterocycles. The first-order chi connectivity index (χ1) is 16.4. The molecule has 180 valence electrons.